The fourth-order valence-corrected chi connectivity index (χ4v) is 1.65. The summed E-state index contributed by atoms with van der Waals surface area (Å²) in [5.41, 5.74) is 2.14. The van der Waals surface area contributed by atoms with Gasteiger partial charge in [-0.3, -0.25) is 0 Å². The number of aromatic nitrogens is 2. The second-order valence-corrected chi connectivity index (χ2v) is 4.14. The SMILES string of the molecule is CCc1nc(N(C)C[C@@H](O)COC)ncc1C. The Morgan fingerprint density at radius 3 is 2.82 bits per heavy atom. The molecular weight excluding hydrogens is 218 g/mol. The van der Waals surface area contributed by atoms with Gasteiger partial charge in [0.2, 0.25) is 5.95 Å². The van der Waals surface area contributed by atoms with Crippen LogP contribution in [0.5, 0.6) is 0 Å². The molecule has 0 radical (unpaired) electrons. The molecule has 5 nitrogen and oxygen atoms in total. The molecule has 0 fully saturated rings. The summed E-state index contributed by atoms with van der Waals surface area (Å²) in [7, 11) is 3.43. The van der Waals surface area contributed by atoms with Crippen molar-refractivity contribution in [2.45, 2.75) is 26.4 Å². The summed E-state index contributed by atoms with van der Waals surface area (Å²) in [4.78, 5) is 10.6. The van der Waals surface area contributed by atoms with E-state index in [9.17, 15) is 5.11 Å². The smallest absolute Gasteiger partial charge is 0.225 e. The summed E-state index contributed by atoms with van der Waals surface area (Å²) in [5, 5.41) is 9.64. The highest BCUT2D eigenvalue weighted by Crippen LogP contribution is 2.10. The van der Waals surface area contributed by atoms with Crippen LogP contribution >= 0.6 is 0 Å². The summed E-state index contributed by atoms with van der Waals surface area (Å²) in [5.74, 6) is 0.641. The van der Waals surface area contributed by atoms with Crippen molar-refractivity contribution in [3.05, 3.63) is 17.5 Å². The first-order valence-electron chi connectivity index (χ1n) is 5.79. The largest absolute Gasteiger partial charge is 0.389 e. The number of aliphatic hydroxyl groups is 1. The van der Waals surface area contributed by atoms with E-state index in [1.165, 1.54) is 0 Å². The van der Waals surface area contributed by atoms with Gasteiger partial charge in [0.1, 0.15) is 0 Å². The molecule has 0 aliphatic heterocycles. The Balaban J connectivity index is 2.71. The van der Waals surface area contributed by atoms with Crippen molar-refractivity contribution < 1.29 is 9.84 Å². The van der Waals surface area contributed by atoms with Gasteiger partial charge in [0, 0.05) is 32.6 Å². The minimum atomic E-state index is -0.528. The van der Waals surface area contributed by atoms with Crippen molar-refractivity contribution in [3.63, 3.8) is 0 Å². The Morgan fingerprint density at radius 2 is 2.24 bits per heavy atom. The second-order valence-electron chi connectivity index (χ2n) is 4.14. The van der Waals surface area contributed by atoms with Gasteiger partial charge in [-0.25, -0.2) is 9.97 Å². The minimum Gasteiger partial charge on any atom is -0.389 e. The van der Waals surface area contributed by atoms with E-state index in [2.05, 4.69) is 16.9 Å². The predicted octanol–water partition coefficient (Wildman–Crippen LogP) is 0.791. The monoisotopic (exact) mass is 239 g/mol. The van der Waals surface area contributed by atoms with E-state index in [0.29, 0.717) is 19.1 Å². The maximum absolute atomic E-state index is 9.64. The zero-order chi connectivity index (χ0) is 12.8. The summed E-state index contributed by atoms with van der Waals surface area (Å²) in [6.07, 6.45) is 2.18. The highest BCUT2D eigenvalue weighted by Gasteiger charge is 2.11. The Morgan fingerprint density at radius 1 is 1.53 bits per heavy atom. The Labute approximate surface area is 102 Å². The molecule has 17 heavy (non-hydrogen) atoms. The van der Waals surface area contributed by atoms with Gasteiger partial charge in [0.15, 0.2) is 0 Å². The van der Waals surface area contributed by atoms with Crippen molar-refractivity contribution in [2.75, 3.05) is 32.2 Å². The number of aryl methyl sites for hydroxylation is 2. The first-order chi connectivity index (χ1) is 8.08. The molecule has 1 N–H and O–H groups in total. The van der Waals surface area contributed by atoms with Gasteiger partial charge in [-0.1, -0.05) is 6.92 Å². The van der Waals surface area contributed by atoms with Crippen molar-refractivity contribution in [1.29, 1.82) is 0 Å². The number of hydrogen-bond donors (Lipinski definition) is 1. The van der Waals surface area contributed by atoms with Crippen LogP contribution in [-0.4, -0.2) is 48.5 Å². The van der Waals surface area contributed by atoms with Gasteiger partial charge in [-0.15, -0.1) is 0 Å². The van der Waals surface area contributed by atoms with Gasteiger partial charge in [0.25, 0.3) is 0 Å². The maximum atomic E-state index is 9.64. The molecule has 1 aromatic rings. The highest BCUT2D eigenvalue weighted by molar-refractivity contribution is 5.32. The predicted molar refractivity (Wildman–Crippen MR) is 67.3 cm³/mol. The molecule has 0 saturated carbocycles. The number of nitrogens with zero attached hydrogens (tertiary/aromatic N) is 3. The Bertz CT molecular complexity index is 358. The van der Waals surface area contributed by atoms with Crippen LogP contribution in [0.2, 0.25) is 0 Å². The van der Waals surface area contributed by atoms with Gasteiger partial charge < -0.3 is 14.7 Å². The molecular formula is C12H21N3O2. The molecule has 0 spiro atoms. The van der Waals surface area contributed by atoms with Gasteiger partial charge >= 0.3 is 0 Å². The Kier molecular flexibility index (Phi) is 5.31. The number of anilines is 1. The molecule has 1 aromatic heterocycles. The zero-order valence-corrected chi connectivity index (χ0v) is 11.0. The van der Waals surface area contributed by atoms with Crippen LogP contribution in [-0.2, 0) is 11.2 Å². The van der Waals surface area contributed by atoms with Crippen LogP contribution in [0.15, 0.2) is 6.20 Å². The van der Waals surface area contributed by atoms with E-state index in [4.69, 9.17) is 4.74 Å². The molecule has 0 amide bonds. The lowest BCUT2D eigenvalue weighted by atomic mass is 10.2. The number of rotatable bonds is 6. The lowest BCUT2D eigenvalue weighted by molar-refractivity contribution is 0.0693. The number of aliphatic hydroxyl groups excluding tert-OH is 1. The fourth-order valence-electron chi connectivity index (χ4n) is 1.65. The van der Waals surface area contributed by atoms with Crippen LogP contribution in [0.25, 0.3) is 0 Å². The molecule has 5 heteroatoms. The summed E-state index contributed by atoms with van der Waals surface area (Å²) in [6.45, 7) is 4.85. The molecule has 1 heterocycles. The first-order valence-corrected chi connectivity index (χ1v) is 5.79. The quantitative estimate of drug-likeness (QED) is 0.795. The van der Waals surface area contributed by atoms with Crippen molar-refractivity contribution >= 4 is 5.95 Å². The lowest BCUT2D eigenvalue weighted by Gasteiger charge is -2.21. The van der Waals surface area contributed by atoms with Crippen LogP contribution in [0, 0.1) is 6.92 Å². The number of ether oxygens (including phenoxy) is 1. The molecule has 0 aliphatic rings. The number of methoxy groups -OCH3 is 1. The van der Waals surface area contributed by atoms with Crippen molar-refractivity contribution in [2.24, 2.45) is 0 Å². The third-order valence-electron chi connectivity index (χ3n) is 2.58. The van der Waals surface area contributed by atoms with Crippen LogP contribution in [0.3, 0.4) is 0 Å². The molecule has 1 atom stereocenters. The van der Waals surface area contributed by atoms with Gasteiger partial charge in [-0.05, 0) is 18.9 Å². The average Bonchev–Trinajstić information content (AvgIpc) is 2.29. The summed E-state index contributed by atoms with van der Waals surface area (Å²) >= 11 is 0. The first kappa shape index (κ1) is 13.9. The lowest BCUT2D eigenvalue weighted by Crippen LogP contribution is -2.33. The molecule has 0 aliphatic carbocycles. The number of hydrogen-bond acceptors (Lipinski definition) is 5. The number of likely N-dealkylation sites (N-methyl/N-ethyl adjacent to an activating group) is 1. The molecule has 0 bridgehead atoms. The van der Waals surface area contributed by atoms with Crippen molar-refractivity contribution in [1.82, 2.24) is 9.97 Å². The van der Waals surface area contributed by atoms with E-state index in [0.717, 1.165) is 17.7 Å². The summed E-state index contributed by atoms with van der Waals surface area (Å²) in [6, 6.07) is 0. The molecule has 0 unspecified atom stereocenters. The van der Waals surface area contributed by atoms with Crippen LogP contribution < -0.4 is 4.90 Å². The molecule has 0 aromatic carbocycles. The topological polar surface area (TPSA) is 58.5 Å². The zero-order valence-electron chi connectivity index (χ0n) is 11.0. The molecule has 0 saturated heterocycles. The second kappa shape index (κ2) is 6.51. The standard InChI is InChI=1S/C12H21N3O2/c1-5-11-9(2)6-13-12(14-11)15(3)7-10(16)8-17-4/h6,10,16H,5,7-8H2,1-4H3/t10-/m1/s1. The maximum Gasteiger partial charge on any atom is 0.225 e. The molecule has 1 rings (SSSR count). The summed E-state index contributed by atoms with van der Waals surface area (Å²) < 4.78 is 4.89. The average molecular weight is 239 g/mol. The Hall–Kier alpha value is -1.20. The van der Waals surface area contributed by atoms with Crippen LogP contribution in [0.1, 0.15) is 18.2 Å². The van der Waals surface area contributed by atoms with Gasteiger partial charge in [-0.2, -0.15) is 0 Å². The third kappa shape index (κ3) is 3.94. The highest BCUT2D eigenvalue weighted by atomic mass is 16.5. The van der Waals surface area contributed by atoms with E-state index < -0.39 is 6.10 Å². The third-order valence-corrected chi connectivity index (χ3v) is 2.58. The van der Waals surface area contributed by atoms with E-state index in [-0.39, 0.29) is 0 Å². The normalized spacial score (nSPS) is 12.5. The van der Waals surface area contributed by atoms with E-state index in [1.54, 1.807) is 7.11 Å². The molecule has 96 valence electrons. The van der Waals surface area contributed by atoms with Gasteiger partial charge in [0.05, 0.1) is 12.7 Å². The van der Waals surface area contributed by atoms with E-state index >= 15 is 0 Å². The van der Waals surface area contributed by atoms with Crippen molar-refractivity contribution in [3.8, 4) is 0 Å². The van der Waals surface area contributed by atoms with Crippen LogP contribution in [0.4, 0.5) is 5.95 Å². The fraction of sp³-hybridized carbons (Fsp3) is 0.667. The minimum absolute atomic E-state index is 0.316. The van der Waals surface area contributed by atoms with E-state index in [1.807, 2.05) is 25.1 Å².